The van der Waals surface area contributed by atoms with Crippen molar-refractivity contribution in [3.05, 3.63) is 23.7 Å². The van der Waals surface area contributed by atoms with Gasteiger partial charge in [-0.25, -0.2) is 4.79 Å². The maximum atomic E-state index is 11.3. The summed E-state index contributed by atoms with van der Waals surface area (Å²) in [5, 5.41) is 13.0. The molecule has 0 atom stereocenters. The van der Waals surface area contributed by atoms with Crippen LogP contribution in [0.5, 0.6) is 0 Å². The Kier molecular flexibility index (Phi) is 4.61. The van der Waals surface area contributed by atoms with Crippen molar-refractivity contribution in [2.24, 2.45) is 0 Å². The normalized spacial score (nSPS) is 18.2. The Morgan fingerprint density at radius 1 is 1.42 bits per heavy atom. The Bertz CT molecular complexity index is 421. The number of aliphatic hydroxyl groups is 1. The minimum absolute atomic E-state index is 0.136. The van der Waals surface area contributed by atoms with E-state index in [1.165, 1.54) is 13.5 Å². The van der Waals surface area contributed by atoms with Crippen molar-refractivity contribution in [2.45, 2.75) is 44.2 Å². The van der Waals surface area contributed by atoms with Crippen molar-refractivity contribution >= 4 is 5.97 Å². The second-order valence-corrected chi connectivity index (χ2v) is 5.11. The second kappa shape index (κ2) is 6.21. The van der Waals surface area contributed by atoms with Gasteiger partial charge in [0, 0.05) is 5.54 Å². The Balaban J connectivity index is 1.93. The molecule has 1 aromatic rings. The van der Waals surface area contributed by atoms with E-state index in [-0.39, 0.29) is 17.9 Å². The fraction of sp³-hybridized carbons (Fsp3) is 0.643. The zero-order chi connectivity index (χ0) is 13.7. The molecule has 0 amide bonds. The molecule has 5 nitrogen and oxygen atoms in total. The van der Waals surface area contributed by atoms with Crippen LogP contribution in [0.4, 0.5) is 0 Å². The van der Waals surface area contributed by atoms with Gasteiger partial charge in [-0.1, -0.05) is 19.3 Å². The molecule has 106 valence electrons. The summed E-state index contributed by atoms with van der Waals surface area (Å²) in [7, 11) is 1.32. The first-order valence-electron chi connectivity index (χ1n) is 6.72. The summed E-state index contributed by atoms with van der Waals surface area (Å²) < 4.78 is 9.99. The lowest BCUT2D eigenvalue weighted by atomic mass is 9.82. The van der Waals surface area contributed by atoms with Crippen molar-refractivity contribution < 1.29 is 19.1 Å². The third-order valence-corrected chi connectivity index (χ3v) is 3.80. The summed E-state index contributed by atoms with van der Waals surface area (Å²) in [5.41, 5.74) is -0.198. The molecule has 1 heterocycles. The van der Waals surface area contributed by atoms with Crippen LogP contribution in [-0.2, 0) is 11.3 Å². The summed E-state index contributed by atoms with van der Waals surface area (Å²) in [4.78, 5) is 11.3. The quantitative estimate of drug-likeness (QED) is 0.797. The molecule has 5 heteroatoms. The first-order valence-corrected chi connectivity index (χ1v) is 6.72. The van der Waals surface area contributed by atoms with Gasteiger partial charge in [-0.2, -0.15) is 0 Å². The molecule has 2 rings (SSSR count). The minimum Gasteiger partial charge on any atom is -0.463 e. The number of carbonyl (C=O) groups excluding carboxylic acids is 1. The van der Waals surface area contributed by atoms with Gasteiger partial charge in [-0.05, 0) is 25.0 Å². The maximum absolute atomic E-state index is 11.3. The highest BCUT2D eigenvalue weighted by Crippen LogP contribution is 2.28. The van der Waals surface area contributed by atoms with Gasteiger partial charge in [0.1, 0.15) is 5.76 Å². The van der Waals surface area contributed by atoms with Crippen LogP contribution in [0.3, 0.4) is 0 Å². The van der Waals surface area contributed by atoms with Crippen molar-refractivity contribution in [3.8, 4) is 0 Å². The molecule has 1 fully saturated rings. The molecule has 1 aliphatic rings. The molecule has 0 saturated heterocycles. The Morgan fingerprint density at radius 3 is 2.79 bits per heavy atom. The average Bonchev–Trinajstić information content (AvgIpc) is 2.94. The number of aliphatic hydroxyl groups excluding tert-OH is 1. The van der Waals surface area contributed by atoms with Crippen molar-refractivity contribution in [3.63, 3.8) is 0 Å². The van der Waals surface area contributed by atoms with Crippen LogP contribution in [0.1, 0.15) is 48.4 Å². The monoisotopic (exact) mass is 267 g/mol. The van der Waals surface area contributed by atoms with E-state index in [2.05, 4.69) is 10.1 Å². The van der Waals surface area contributed by atoms with E-state index in [4.69, 9.17) is 4.42 Å². The molecular weight excluding hydrogens is 246 g/mol. The van der Waals surface area contributed by atoms with Crippen LogP contribution in [-0.4, -0.2) is 30.3 Å². The van der Waals surface area contributed by atoms with Crippen LogP contribution < -0.4 is 5.32 Å². The number of ether oxygens (including phenoxy) is 1. The fourth-order valence-corrected chi connectivity index (χ4v) is 2.58. The smallest absolute Gasteiger partial charge is 0.373 e. The predicted octanol–water partition coefficient (Wildman–Crippen LogP) is 1.85. The van der Waals surface area contributed by atoms with Crippen LogP contribution in [0, 0.1) is 0 Å². The molecule has 2 N–H and O–H groups in total. The molecule has 1 saturated carbocycles. The SMILES string of the molecule is COC(=O)c1ccc(CNC2(CO)CCCCC2)o1. The summed E-state index contributed by atoms with van der Waals surface area (Å²) in [6.45, 7) is 0.648. The molecule has 0 unspecified atom stereocenters. The van der Waals surface area contributed by atoms with E-state index in [1.54, 1.807) is 12.1 Å². The standard InChI is InChI=1S/C14H21NO4/c1-18-13(17)12-6-5-11(19-12)9-15-14(10-16)7-3-2-4-8-14/h5-6,15-16H,2-4,7-10H2,1H3. The number of rotatable bonds is 5. The van der Waals surface area contributed by atoms with E-state index in [1.807, 2.05) is 0 Å². The first-order chi connectivity index (χ1) is 9.19. The number of esters is 1. The number of hydrogen-bond donors (Lipinski definition) is 2. The second-order valence-electron chi connectivity index (χ2n) is 5.11. The number of methoxy groups -OCH3 is 1. The van der Waals surface area contributed by atoms with Crippen molar-refractivity contribution in [1.82, 2.24) is 5.32 Å². The van der Waals surface area contributed by atoms with Gasteiger partial charge in [0.15, 0.2) is 0 Å². The van der Waals surface area contributed by atoms with E-state index < -0.39 is 5.97 Å². The fourth-order valence-electron chi connectivity index (χ4n) is 2.58. The highest BCUT2D eigenvalue weighted by Gasteiger charge is 2.30. The first kappa shape index (κ1) is 14.1. The van der Waals surface area contributed by atoms with E-state index in [9.17, 15) is 9.90 Å². The summed E-state index contributed by atoms with van der Waals surface area (Å²) >= 11 is 0. The predicted molar refractivity (Wildman–Crippen MR) is 69.8 cm³/mol. The number of hydrogen-bond acceptors (Lipinski definition) is 5. The Labute approximate surface area is 112 Å². The van der Waals surface area contributed by atoms with Crippen molar-refractivity contribution in [2.75, 3.05) is 13.7 Å². The Hall–Kier alpha value is -1.33. The van der Waals surface area contributed by atoms with Gasteiger partial charge in [-0.15, -0.1) is 0 Å². The van der Waals surface area contributed by atoms with Gasteiger partial charge in [0.05, 0.1) is 20.3 Å². The van der Waals surface area contributed by atoms with E-state index in [0.29, 0.717) is 12.3 Å². The summed E-state index contributed by atoms with van der Waals surface area (Å²) in [6.07, 6.45) is 5.47. The zero-order valence-corrected chi connectivity index (χ0v) is 11.3. The van der Waals surface area contributed by atoms with Crippen molar-refractivity contribution in [1.29, 1.82) is 0 Å². The van der Waals surface area contributed by atoms with Gasteiger partial charge < -0.3 is 19.6 Å². The molecule has 0 aromatic carbocycles. The molecule has 0 aliphatic heterocycles. The van der Waals surface area contributed by atoms with Gasteiger partial charge >= 0.3 is 5.97 Å². The largest absolute Gasteiger partial charge is 0.463 e. The van der Waals surface area contributed by atoms with E-state index in [0.717, 1.165) is 25.7 Å². The lowest BCUT2D eigenvalue weighted by Crippen LogP contribution is -2.49. The number of furan rings is 1. The number of carbonyl (C=O) groups is 1. The third-order valence-electron chi connectivity index (χ3n) is 3.80. The zero-order valence-electron chi connectivity index (χ0n) is 11.3. The molecular formula is C14H21NO4. The Morgan fingerprint density at radius 2 is 2.16 bits per heavy atom. The van der Waals surface area contributed by atoms with Crippen LogP contribution in [0.2, 0.25) is 0 Å². The lowest BCUT2D eigenvalue weighted by molar-refractivity contribution is 0.0561. The summed E-state index contributed by atoms with van der Waals surface area (Å²) in [5.74, 6) is 0.417. The van der Waals surface area contributed by atoms with Crippen LogP contribution >= 0.6 is 0 Å². The van der Waals surface area contributed by atoms with Gasteiger partial charge in [-0.3, -0.25) is 0 Å². The van der Waals surface area contributed by atoms with Crippen LogP contribution in [0.15, 0.2) is 16.5 Å². The molecule has 1 aliphatic carbocycles. The lowest BCUT2D eigenvalue weighted by Gasteiger charge is -2.36. The third kappa shape index (κ3) is 3.36. The topological polar surface area (TPSA) is 71.7 Å². The average molecular weight is 267 g/mol. The minimum atomic E-state index is -0.471. The molecule has 0 spiro atoms. The molecule has 0 radical (unpaired) electrons. The van der Waals surface area contributed by atoms with Gasteiger partial charge in [0.2, 0.25) is 5.76 Å². The van der Waals surface area contributed by atoms with E-state index >= 15 is 0 Å². The van der Waals surface area contributed by atoms with Crippen LogP contribution in [0.25, 0.3) is 0 Å². The molecule has 19 heavy (non-hydrogen) atoms. The number of nitrogens with one attached hydrogen (secondary N) is 1. The highest BCUT2D eigenvalue weighted by atomic mass is 16.5. The highest BCUT2D eigenvalue weighted by molar-refractivity contribution is 5.86. The summed E-state index contributed by atoms with van der Waals surface area (Å²) in [6, 6.07) is 3.36. The molecule has 0 bridgehead atoms. The molecule has 1 aromatic heterocycles. The maximum Gasteiger partial charge on any atom is 0.373 e. The van der Waals surface area contributed by atoms with Gasteiger partial charge in [0.25, 0.3) is 0 Å².